The number of halogens is 2. The zero-order chi connectivity index (χ0) is 23.9. The van der Waals surface area contributed by atoms with Gasteiger partial charge in [-0.3, -0.25) is 19.0 Å². The van der Waals surface area contributed by atoms with E-state index in [0.717, 1.165) is 0 Å². The molecule has 0 atom stereocenters. The van der Waals surface area contributed by atoms with Crippen molar-refractivity contribution in [1.82, 2.24) is 29.2 Å². The number of ether oxygens (including phenoxy) is 1. The number of imidazole rings is 1. The first-order valence-corrected chi connectivity index (χ1v) is 10.0. The van der Waals surface area contributed by atoms with Gasteiger partial charge in [-0.2, -0.15) is 5.10 Å². The van der Waals surface area contributed by atoms with E-state index < -0.39 is 17.3 Å². The standard InChI is InChI=1S/C22H22F2N6O3/c1-12-5-13(6-16(24)21(12)33-10-18-25-11-26-27-18)15-7-14(23)8-17-20(15)29(4)22(32)30(17)9-19(31)28(2)3/h5-8,11H,9-10H2,1-4H3,(H,25,26,27). The van der Waals surface area contributed by atoms with Crippen molar-refractivity contribution in [2.24, 2.45) is 7.05 Å². The Morgan fingerprint density at radius 1 is 1.21 bits per heavy atom. The Hall–Kier alpha value is -4.02. The van der Waals surface area contributed by atoms with Gasteiger partial charge >= 0.3 is 5.69 Å². The minimum absolute atomic E-state index is 0.00142. The highest BCUT2D eigenvalue weighted by atomic mass is 19.1. The van der Waals surface area contributed by atoms with Gasteiger partial charge in [0.2, 0.25) is 5.91 Å². The maximum atomic E-state index is 15.0. The van der Waals surface area contributed by atoms with E-state index in [0.29, 0.717) is 28.0 Å². The van der Waals surface area contributed by atoms with Crippen LogP contribution in [0, 0.1) is 18.6 Å². The fourth-order valence-electron chi connectivity index (χ4n) is 3.68. The van der Waals surface area contributed by atoms with Gasteiger partial charge in [-0.15, -0.1) is 0 Å². The average Bonchev–Trinajstić information content (AvgIpc) is 3.35. The largest absolute Gasteiger partial charge is 0.482 e. The summed E-state index contributed by atoms with van der Waals surface area (Å²) in [6.07, 6.45) is 1.32. The van der Waals surface area contributed by atoms with Crippen LogP contribution in [0.4, 0.5) is 8.78 Å². The number of H-pyrrole nitrogens is 1. The van der Waals surface area contributed by atoms with Gasteiger partial charge in [0, 0.05) is 26.7 Å². The second-order valence-corrected chi connectivity index (χ2v) is 7.86. The first-order valence-electron chi connectivity index (χ1n) is 10.0. The van der Waals surface area contributed by atoms with Gasteiger partial charge in [-0.1, -0.05) is 0 Å². The second-order valence-electron chi connectivity index (χ2n) is 7.86. The van der Waals surface area contributed by atoms with Crippen LogP contribution in [0.2, 0.25) is 0 Å². The maximum Gasteiger partial charge on any atom is 0.329 e. The molecule has 1 N–H and O–H groups in total. The number of rotatable bonds is 6. The molecule has 0 saturated heterocycles. The molecule has 9 nitrogen and oxygen atoms in total. The predicted octanol–water partition coefficient (Wildman–Crippen LogP) is 2.38. The molecule has 1 amide bonds. The van der Waals surface area contributed by atoms with E-state index in [9.17, 15) is 18.4 Å². The summed E-state index contributed by atoms with van der Waals surface area (Å²) in [4.78, 5) is 30.4. The Morgan fingerprint density at radius 3 is 2.61 bits per heavy atom. The summed E-state index contributed by atoms with van der Waals surface area (Å²) < 4.78 is 37.7. The van der Waals surface area contributed by atoms with E-state index in [1.54, 1.807) is 27.1 Å². The summed E-state index contributed by atoms with van der Waals surface area (Å²) in [5.41, 5.74) is 1.33. The van der Waals surface area contributed by atoms with E-state index >= 15 is 0 Å². The molecule has 4 rings (SSSR count). The molecule has 2 aromatic heterocycles. The summed E-state index contributed by atoms with van der Waals surface area (Å²) in [5, 5.41) is 6.35. The summed E-state index contributed by atoms with van der Waals surface area (Å²) in [6, 6.07) is 5.31. The molecule has 2 heterocycles. The Kier molecular flexibility index (Phi) is 5.71. The van der Waals surface area contributed by atoms with Gasteiger partial charge in [0.25, 0.3) is 0 Å². The molecule has 0 fully saturated rings. The highest BCUT2D eigenvalue weighted by molar-refractivity contribution is 5.93. The Balaban J connectivity index is 1.81. The summed E-state index contributed by atoms with van der Waals surface area (Å²) >= 11 is 0. The maximum absolute atomic E-state index is 15.0. The Morgan fingerprint density at radius 2 is 1.97 bits per heavy atom. The molecule has 0 aliphatic rings. The molecule has 172 valence electrons. The van der Waals surface area contributed by atoms with Crippen LogP contribution in [-0.4, -0.2) is 49.2 Å². The number of nitrogens with zero attached hydrogens (tertiary/aromatic N) is 5. The van der Waals surface area contributed by atoms with E-state index in [2.05, 4.69) is 15.2 Å². The van der Waals surface area contributed by atoms with Crippen molar-refractivity contribution < 1.29 is 18.3 Å². The predicted molar refractivity (Wildman–Crippen MR) is 117 cm³/mol. The molecule has 4 aromatic rings. The van der Waals surface area contributed by atoms with Gasteiger partial charge in [-0.25, -0.2) is 18.6 Å². The third-order valence-electron chi connectivity index (χ3n) is 5.35. The Bertz CT molecular complexity index is 1380. The normalized spacial score (nSPS) is 11.2. The highest BCUT2D eigenvalue weighted by Gasteiger charge is 2.21. The second kappa shape index (κ2) is 8.49. The molecule has 0 bridgehead atoms. The number of carbonyl (C=O) groups excluding carboxylic acids is 1. The van der Waals surface area contributed by atoms with Crippen LogP contribution in [0.15, 0.2) is 35.4 Å². The third kappa shape index (κ3) is 4.09. The number of likely N-dealkylation sites (N-methyl/N-ethyl adjacent to an activating group) is 1. The average molecular weight is 456 g/mol. The van der Waals surface area contributed by atoms with Crippen LogP contribution in [0.5, 0.6) is 5.75 Å². The number of nitrogens with one attached hydrogen (secondary N) is 1. The number of amides is 1. The smallest absolute Gasteiger partial charge is 0.329 e. The third-order valence-corrected chi connectivity index (χ3v) is 5.35. The fraction of sp³-hybridized carbons (Fsp3) is 0.273. The van der Waals surface area contributed by atoms with Crippen molar-refractivity contribution >= 4 is 16.9 Å². The topological polar surface area (TPSA) is 98.0 Å². The van der Waals surface area contributed by atoms with Crippen molar-refractivity contribution in [3.05, 3.63) is 64.1 Å². The van der Waals surface area contributed by atoms with Crippen LogP contribution in [-0.2, 0) is 25.0 Å². The summed E-state index contributed by atoms with van der Waals surface area (Å²) in [7, 11) is 4.67. The number of aromatic nitrogens is 5. The molecule has 0 unspecified atom stereocenters. The van der Waals surface area contributed by atoms with Crippen molar-refractivity contribution in [3.63, 3.8) is 0 Å². The van der Waals surface area contributed by atoms with Crippen molar-refractivity contribution in [3.8, 4) is 16.9 Å². The molecule has 0 saturated carbocycles. The van der Waals surface area contributed by atoms with E-state index in [1.807, 2.05) is 0 Å². The number of aromatic amines is 1. The number of benzene rings is 2. The lowest BCUT2D eigenvalue weighted by molar-refractivity contribution is -0.129. The van der Waals surface area contributed by atoms with Crippen LogP contribution in [0.1, 0.15) is 11.4 Å². The molecule has 0 aliphatic carbocycles. The van der Waals surface area contributed by atoms with Gasteiger partial charge in [0.1, 0.15) is 25.3 Å². The van der Waals surface area contributed by atoms with Gasteiger partial charge in [0.05, 0.1) is 11.0 Å². The van der Waals surface area contributed by atoms with Crippen molar-refractivity contribution in [1.29, 1.82) is 0 Å². The van der Waals surface area contributed by atoms with Crippen LogP contribution >= 0.6 is 0 Å². The monoisotopic (exact) mass is 456 g/mol. The first kappa shape index (κ1) is 22.2. The first-order chi connectivity index (χ1) is 15.7. The molecular formula is C22H22F2N6O3. The van der Waals surface area contributed by atoms with Gasteiger partial charge in [-0.05, 0) is 42.3 Å². The molecular weight excluding hydrogens is 434 g/mol. The van der Waals surface area contributed by atoms with Crippen molar-refractivity contribution in [2.45, 2.75) is 20.1 Å². The molecule has 11 heteroatoms. The minimum Gasteiger partial charge on any atom is -0.482 e. The lowest BCUT2D eigenvalue weighted by Crippen LogP contribution is -2.31. The zero-order valence-corrected chi connectivity index (χ0v) is 18.5. The van der Waals surface area contributed by atoms with Gasteiger partial charge in [0.15, 0.2) is 17.4 Å². The van der Waals surface area contributed by atoms with E-state index in [-0.39, 0.29) is 30.3 Å². The quantitative estimate of drug-likeness (QED) is 0.481. The lowest BCUT2D eigenvalue weighted by Gasteiger charge is -2.13. The highest BCUT2D eigenvalue weighted by Crippen LogP contribution is 2.34. The number of fused-ring (bicyclic) bond motifs is 1. The minimum atomic E-state index is -0.644. The van der Waals surface area contributed by atoms with E-state index in [4.69, 9.17) is 4.74 Å². The van der Waals surface area contributed by atoms with Crippen LogP contribution in [0.3, 0.4) is 0 Å². The molecule has 0 radical (unpaired) electrons. The number of hydrogen-bond acceptors (Lipinski definition) is 5. The molecule has 33 heavy (non-hydrogen) atoms. The Labute approximate surface area is 187 Å². The van der Waals surface area contributed by atoms with Crippen LogP contribution in [0.25, 0.3) is 22.2 Å². The molecule has 0 spiro atoms. The fourth-order valence-corrected chi connectivity index (χ4v) is 3.68. The van der Waals surface area contributed by atoms with Crippen molar-refractivity contribution in [2.75, 3.05) is 14.1 Å². The van der Waals surface area contributed by atoms with Gasteiger partial charge < -0.3 is 9.64 Å². The number of aryl methyl sites for hydroxylation is 2. The summed E-state index contributed by atoms with van der Waals surface area (Å²) in [5.74, 6) is -1.10. The zero-order valence-electron chi connectivity index (χ0n) is 18.5. The number of carbonyl (C=O) groups is 1. The number of hydrogen-bond donors (Lipinski definition) is 1. The van der Waals surface area contributed by atoms with Crippen LogP contribution < -0.4 is 10.4 Å². The molecule has 2 aromatic carbocycles. The summed E-state index contributed by atoms with van der Waals surface area (Å²) in [6.45, 7) is 1.42. The lowest BCUT2D eigenvalue weighted by atomic mass is 10.0. The van der Waals surface area contributed by atoms with E-state index in [1.165, 1.54) is 45.6 Å². The SMILES string of the molecule is Cc1cc(-c2cc(F)cc3c2n(C)c(=O)n3CC(=O)N(C)C)cc(F)c1OCc1ncn[nH]1. The molecule has 0 aliphatic heterocycles.